The van der Waals surface area contributed by atoms with Gasteiger partial charge in [0.05, 0.1) is 12.6 Å². The maximum absolute atomic E-state index is 12.8. The van der Waals surface area contributed by atoms with Crippen molar-refractivity contribution in [2.24, 2.45) is 0 Å². The number of fused-ring (bicyclic) bond motifs is 1. The van der Waals surface area contributed by atoms with E-state index < -0.39 is 56.5 Å². The molecule has 0 aromatic carbocycles. The van der Waals surface area contributed by atoms with Crippen molar-refractivity contribution in [2.75, 3.05) is 26.0 Å². The third-order valence-electron chi connectivity index (χ3n) is 5.40. The number of nitrogens with two attached hydrogens (primary N) is 1. The number of ether oxygens (including phenoxy) is 1. The standard InChI is InChI=1S/C16H24N7O8P/c1-29-32(28,22-14(26)7-3-2-4-18-7)30-5-8-10(24)11(25)15(31-8)23-13-9(21-16(23)27)12(17)19-6-20-13/h6-8,10-11,15,18,24-25H,2-5H2,1H3,(H,21,27)(H2,17,19,20)(H,22,26,28)/t7-,8-,10-,11-,15-,32?/m1/s1. The van der Waals surface area contributed by atoms with E-state index in [2.05, 4.69) is 25.4 Å². The first-order chi connectivity index (χ1) is 15.2. The molecular weight excluding hydrogens is 449 g/mol. The molecule has 176 valence electrons. The predicted octanol–water partition coefficient (Wildman–Crippen LogP) is -2.04. The van der Waals surface area contributed by atoms with E-state index in [-0.39, 0.29) is 17.0 Å². The van der Waals surface area contributed by atoms with E-state index in [4.69, 9.17) is 19.5 Å². The summed E-state index contributed by atoms with van der Waals surface area (Å²) < 4.78 is 29.5. The summed E-state index contributed by atoms with van der Waals surface area (Å²) in [6.45, 7) is 0.161. The second-order valence-electron chi connectivity index (χ2n) is 7.40. The quantitative estimate of drug-likeness (QED) is 0.240. The Balaban J connectivity index is 1.47. The molecule has 2 aliphatic heterocycles. The van der Waals surface area contributed by atoms with E-state index in [9.17, 15) is 24.4 Å². The van der Waals surface area contributed by atoms with Crippen LogP contribution in [0.5, 0.6) is 0 Å². The zero-order valence-corrected chi connectivity index (χ0v) is 17.9. The lowest BCUT2D eigenvalue weighted by Gasteiger charge is -2.21. The molecule has 0 spiro atoms. The lowest BCUT2D eigenvalue weighted by atomic mass is 10.1. The van der Waals surface area contributed by atoms with Crippen LogP contribution in [0, 0.1) is 0 Å². The van der Waals surface area contributed by atoms with Crippen molar-refractivity contribution in [1.29, 1.82) is 0 Å². The van der Waals surface area contributed by atoms with Gasteiger partial charge in [0.25, 0.3) is 0 Å². The summed E-state index contributed by atoms with van der Waals surface area (Å²) in [5.74, 6) is -0.520. The SMILES string of the molecule is COP(=O)(NC(=O)[C@H]1CCCN1)OC[C@H]1O[C@@H](n2c(=O)[nH]c3c(N)ncnc32)[C@H](O)[C@@H]1O. The first kappa shape index (κ1) is 22.8. The molecule has 32 heavy (non-hydrogen) atoms. The number of hydrogen-bond donors (Lipinski definition) is 6. The van der Waals surface area contributed by atoms with E-state index in [1.807, 2.05) is 0 Å². The predicted molar refractivity (Wildman–Crippen MR) is 108 cm³/mol. The van der Waals surface area contributed by atoms with Crippen LogP contribution in [0.4, 0.5) is 5.82 Å². The lowest BCUT2D eigenvalue weighted by molar-refractivity contribution is -0.121. The van der Waals surface area contributed by atoms with Crippen molar-refractivity contribution in [3.63, 3.8) is 0 Å². The van der Waals surface area contributed by atoms with Crippen LogP contribution >= 0.6 is 7.75 Å². The first-order valence-electron chi connectivity index (χ1n) is 9.82. The number of anilines is 1. The Kier molecular flexibility index (Phi) is 6.31. The monoisotopic (exact) mass is 473 g/mol. The van der Waals surface area contributed by atoms with Gasteiger partial charge in [-0.05, 0) is 19.4 Å². The summed E-state index contributed by atoms with van der Waals surface area (Å²) in [5.41, 5.74) is 5.26. The summed E-state index contributed by atoms with van der Waals surface area (Å²) in [6.07, 6.45) is -3.06. The number of carbonyl (C=O) groups excluding carboxylic acids is 1. The number of aliphatic hydroxyl groups excluding tert-OH is 2. The number of carbonyl (C=O) groups is 1. The van der Waals surface area contributed by atoms with Gasteiger partial charge in [-0.3, -0.25) is 18.9 Å². The van der Waals surface area contributed by atoms with Crippen LogP contribution in [0.15, 0.2) is 11.1 Å². The van der Waals surface area contributed by atoms with Gasteiger partial charge in [0.2, 0.25) is 5.91 Å². The Morgan fingerprint density at radius 3 is 2.91 bits per heavy atom. The summed E-state index contributed by atoms with van der Waals surface area (Å²) in [4.78, 5) is 34.9. The van der Waals surface area contributed by atoms with Crippen LogP contribution in [0.3, 0.4) is 0 Å². The van der Waals surface area contributed by atoms with E-state index in [1.165, 1.54) is 0 Å². The third kappa shape index (κ3) is 4.15. The van der Waals surface area contributed by atoms with E-state index in [0.29, 0.717) is 13.0 Å². The Labute approximate surface area is 180 Å². The highest BCUT2D eigenvalue weighted by Crippen LogP contribution is 2.44. The van der Waals surface area contributed by atoms with Crippen LogP contribution in [0.2, 0.25) is 0 Å². The molecule has 1 amide bonds. The topological polar surface area (TPSA) is 216 Å². The highest BCUT2D eigenvalue weighted by Gasteiger charge is 2.46. The molecule has 0 radical (unpaired) electrons. The third-order valence-corrected chi connectivity index (χ3v) is 6.86. The number of rotatable bonds is 7. The maximum atomic E-state index is 12.8. The number of imidazole rings is 1. The molecule has 4 heterocycles. The Hall–Kier alpha value is -2.39. The highest BCUT2D eigenvalue weighted by atomic mass is 31.2. The fourth-order valence-electron chi connectivity index (χ4n) is 3.69. The molecule has 6 atom stereocenters. The Morgan fingerprint density at radius 1 is 1.44 bits per heavy atom. The van der Waals surface area contributed by atoms with Gasteiger partial charge in [0, 0.05) is 7.11 Å². The van der Waals surface area contributed by atoms with Crippen molar-refractivity contribution >= 4 is 30.6 Å². The molecule has 0 aliphatic carbocycles. The van der Waals surface area contributed by atoms with Gasteiger partial charge in [-0.1, -0.05) is 0 Å². The normalized spacial score (nSPS) is 29.9. The molecule has 2 aromatic heterocycles. The van der Waals surface area contributed by atoms with Crippen LogP contribution in [0.1, 0.15) is 19.1 Å². The van der Waals surface area contributed by atoms with Gasteiger partial charge in [-0.25, -0.2) is 23.9 Å². The minimum Gasteiger partial charge on any atom is -0.387 e. The Bertz CT molecular complexity index is 1100. The molecule has 0 saturated carbocycles. The van der Waals surface area contributed by atoms with Crippen molar-refractivity contribution in [3.8, 4) is 0 Å². The minimum absolute atomic E-state index is 0.0206. The molecule has 2 saturated heterocycles. The number of nitrogens with one attached hydrogen (secondary N) is 3. The smallest absolute Gasteiger partial charge is 0.387 e. The maximum Gasteiger partial charge on any atom is 0.434 e. The molecular formula is C16H24N7O8P. The van der Waals surface area contributed by atoms with Crippen LogP contribution in [-0.2, 0) is 23.1 Å². The number of nitrogens with zero attached hydrogens (tertiary/aromatic N) is 3. The zero-order chi connectivity index (χ0) is 23.0. The number of H-pyrrole nitrogens is 1. The molecule has 2 fully saturated rings. The average molecular weight is 473 g/mol. The van der Waals surface area contributed by atoms with Crippen molar-refractivity contribution in [2.45, 2.75) is 43.4 Å². The Morgan fingerprint density at radius 2 is 2.22 bits per heavy atom. The van der Waals surface area contributed by atoms with Gasteiger partial charge in [-0.2, -0.15) is 0 Å². The van der Waals surface area contributed by atoms with E-state index in [1.54, 1.807) is 0 Å². The van der Waals surface area contributed by atoms with Crippen LogP contribution in [0.25, 0.3) is 11.2 Å². The van der Waals surface area contributed by atoms with Crippen LogP contribution in [-0.4, -0.2) is 80.3 Å². The molecule has 1 unspecified atom stereocenters. The van der Waals surface area contributed by atoms with Gasteiger partial charge in [0.15, 0.2) is 17.7 Å². The van der Waals surface area contributed by atoms with Crippen molar-refractivity contribution in [1.82, 2.24) is 29.9 Å². The average Bonchev–Trinajstić information content (AvgIpc) is 3.47. The zero-order valence-electron chi connectivity index (χ0n) is 17.0. The fourth-order valence-corrected chi connectivity index (χ4v) is 4.73. The van der Waals surface area contributed by atoms with Gasteiger partial charge in [0.1, 0.15) is 30.2 Å². The lowest BCUT2D eigenvalue weighted by Crippen LogP contribution is -2.40. The molecule has 0 bridgehead atoms. The first-order valence-corrected chi connectivity index (χ1v) is 11.4. The number of hydrogen-bond acceptors (Lipinski definition) is 12. The van der Waals surface area contributed by atoms with Crippen LogP contribution < -0.4 is 21.8 Å². The number of aliphatic hydroxyl groups is 2. The van der Waals surface area contributed by atoms with Gasteiger partial charge >= 0.3 is 13.4 Å². The summed E-state index contributed by atoms with van der Waals surface area (Å²) in [7, 11) is -2.97. The molecule has 4 rings (SSSR count). The second-order valence-corrected chi connectivity index (χ2v) is 9.25. The number of aromatic nitrogens is 4. The minimum atomic E-state index is -4.07. The number of amides is 1. The van der Waals surface area contributed by atoms with E-state index >= 15 is 0 Å². The van der Waals surface area contributed by atoms with E-state index in [0.717, 1.165) is 24.4 Å². The molecule has 2 aromatic rings. The van der Waals surface area contributed by atoms with Crippen molar-refractivity contribution < 1.29 is 33.4 Å². The molecule has 16 heteroatoms. The molecule has 2 aliphatic rings. The highest BCUT2D eigenvalue weighted by molar-refractivity contribution is 7.52. The van der Waals surface area contributed by atoms with Gasteiger partial charge < -0.3 is 31.0 Å². The summed E-state index contributed by atoms with van der Waals surface area (Å²) in [6, 6.07) is -0.509. The second kappa shape index (κ2) is 8.86. The molecule has 7 N–H and O–H groups in total. The van der Waals surface area contributed by atoms with Gasteiger partial charge in [-0.15, -0.1) is 0 Å². The number of nitrogen functional groups attached to an aromatic ring is 1. The number of aromatic amines is 1. The molecule has 15 nitrogen and oxygen atoms in total. The largest absolute Gasteiger partial charge is 0.434 e. The fraction of sp³-hybridized carbons (Fsp3) is 0.625. The van der Waals surface area contributed by atoms with Crippen molar-refractivity contribution in [3.05, 3.63) is 16.8 Å². The summed E-state index contributed by atoms with van der Waals surface area (Å²) in [5, 5.41) is 26.1. The summed E-state index contributed by atoms with van der Waals surface area (Å²) >= 11 is 0.